The first kappa shape index (κ1) is 29.4. The number of likely N-dealkylation sites (N-methyl/N-ethyl adjacent to an activating group) is 2. The minimum atomic E-state index is -0.263. The number of likely N-dealkylation sites (tertiary alicyclic amines) is 1. The van der Waals surface area contributed by atoms with Gasteiger partial charge in [-0.25, -0.2) is 0 Å². The molecule has 2 fully saturated rings. The van der Waals surface area contributed by atoms with Crippen LogP contribution in [-0.2, 0) is 17.8 Å². The number of anilines is 1. The lowest BCUT2D eigenvalue weighted by molar-refractivity contribution is -0.128. The van der Waals surface area contributed by atoms with Gasteiger partial charge in [0.1, 0.15) is 12.4 Å². The van der Waals surface area contributed by atoms with Crippen molar-refractivity contribution in [3.8, 4) is 12.1 Å². The van der Waals surface area contributed by atoms with E-state index < -0.39 is 0 Å². The van der Waals surface area contributed by atoms with Crippen LogP contribution in [0.1, 0.15) is 47.7 Å². The van der Waals surface area contributed by atoms with E-state index in [-0.39, 0.29) is 24.4 Å². The lowest BCUT2D eigenvalue weighted by atomic mass is 9.90. The number of fused-ring (bicyclic) bond motifs is 2. The SMILES string of the molecule is C=CC(=O)N1CCN(c2nc(OC[C@@H]3CCCN3C)nc3c2CN(C)[C@H](c2c(Cl)c(C)cc4[nH]ncc24)C3)C[C@@H]1CC#N. The summed E-state index contributed by atoms with van der Waals surface area (Å²) in [6.45, 7) is 9.43. The second-order valence-electron chi connectivity index (χ2n) is 11.9. The fraction of sp³-hybridized carbons (Fsp3) is 0.516. The molecule has 1 aromatic carbocycles. The van der Waals surface area contributed by atoms with E-state index in [0.29, 0.717) is 51.3 Å². The molecule has 0 unspecified atom stereocenters. The van der Waals surface area contributed by atoms with Crippen LogP contribution in [0.25, 0.3) is 10.9 Å². The number of nitrogens with zero attached hydrogens (tertiary/aromatic N) is 8. The van der Waals surface area contributed by atoms with E-state index in [1.165, 1.54) is 6.08 Å². The number of aryl methyl sites for hydroxylation is 1. The minimum Gasteiger partial charge on any atom is -0.462 e. The molecule has 5 heterocycles. The number of aromatic amines is 1. The number of ether oxygens (including phenoxy) is 1. The summed E-state index contributed by atoms with van der Waals surface area (Å²) in [5.74, 6) is 0.653. The summed E-state index contributed by atoms with van der Waals surface area (Å²) < 4.78 is 6.30. The van der Waals surface area contributed by atoms with Gasteiger partial charge in [-0.05, 0) is 63.7 Å². The van der Waals surface area contributed by atoms with Gasteiger partial charge in [0.05, 0.1) is 35.9 Å². The quantitative estimate of drug-likeness (QED) is 0.404. The topological polar surface area (TPSA) is 118 Å². The Bertz CT molecular complexity index is 1580. The van der Waals surface area contributed by atoms with E-state index in [0.717, 1.165) is 63.5 Å². The van der Waals surface area contributed by atoms with Crippen molar-refractivity contribution in [1.29, 1.82) is 5.26 Å². The Kier molecular flexibility index (Phi) is 8.27. The first-order valence-corrected chi connectivity index (χ1v) is 15.3. The molecule has 226 valence electrons. The zero-order chi connectivity index (χ0) is 30.2. The molecule has 1 N–H and O–H groups in total. The smallest absolute Gasteiger partial charge is 0.318 e. The van der Waals surface area contributed by atoms with Crippen LogP contribution in [-0.4, -0.2) is 99.7 Å². The number of carbonyl (C=O) groups excluding carboxylic acids is 1. The average molecular weight is 604 g/mol. The molecular weight excluding hydrogens is 566 g/mol. The second-order valence-corrected chi connectivity index (χ2v) is 12.3. The van der Waals surface area contributed by atoms with E-state index >= 15 is 0 Å². The van der Waals surface area contributed by atoms with Gasteiger partial charge in [-0.1, -0.05) is 18.2 Å². The van der Waals surface area contributed by atoms with E-state index in [1.54, 1.807) is 4.90 Å². The maximum absolute atomic E-state index is 12.6. The molecule has 6 rings (SSSR count). The molecule has 2 aromatic heterocycles. The Morgan fingerprint density at radius 1 is 1.26 bits per heavy atom. The third kappa shape index (κ3) is 5.55. The number of amides is 1. The van der Waals surface area contributed by atoms with Crippen molar-refractivity contribution in [2.24, 2.45) is 0 Å². The number of aromatic nitrogens is 4. The summed E-state index contributed by atoms with van der Waals surface area (Å²) >= 11 is 6.97. The van der Waals surface area contributed by atoms with Crippen LogP contribution >= 0.6 is 11.6 Å². The molecule has 11 nitrogen and oxygen atoms in total. The normalized spacial score (nSPS) is 22.9. The van der Waals surface area contributed by atoms with Crippen molar-refractivity contribution in [2.75, 3.05) is 51.8 Å². The van der Waals surface area contributed by atoms with Crippen LogP contribution in [0.3, 0.4) is 0 Å². The molecule has 3 aromatic rings. The molecule has 12 heteroatoms. The van der Waals surface area contributed by atoms with Crippen molar-refractivity contribution >= 4 is 34.2 Å². The molecule has 3 aliphatic rings. The van der Waals surface area contributed by atoms with Crippen molar-refractivity contribution in [3.63, 3.8) is 0 Å². The molecule has 0 radical (unpaired) electrons. The number of nitriles is 1. The Morgan fingerprint density at radius 3 is 2.84 bits per heavy atom. The highest BCUT2D eigenvalue weighted by Gasteiger charge is 2.36. The number of carbonyl (C=O) groups is 1. The Balaban J connectivity index is 1.38. The molecule has 0 spiro atoms. The molecule has 0 bridgehead atoms. The third-order valence-electron chi connectivity index (χ3n) is 9.26. The van der Waals surface area contributed by atoms with Gasteiger partial charge in [0.25, 0.3) is 0 Å². The number of H-pyrrole nitrogens is 1. The van der Waals surface area contributed by atoms with Crippen LogP contribution in [0.2, 0.25) is 5.02 Å². The fourth-order valence-electron chi connectivity index (χ4n) is 6.83. The highest BCUT2D eigenvalue weighted by atomic mass is 35.5. The molecule has 43 heavy (non-hydrogen) atoms. The summed E-state index contributed by atoms with van der Waals surface area (Å²) in [6.07, 6.45) is 6.26. The van der Waals surface area contributed by atoms with Gasteiger partial charge in [-0.3, -0.25) is 14.8 Å². The van der Waals surface area contributed by atoms with Crippen LogP contribution in [0.15, 0.2) is 24.9 Å². The van der Waals surface area contributed by atoms with Gasteiger partial charge < -0.3 is 19.4 Å². The Hall–Kier alpha value is -3.72. The van der Waals surface area contributed by atoms with E-state index in [4.69, 9.17) is 26.3 Å². The number of piperazine rings is 1. The first-order chi connectivity index (χ1) is 20.8. The summed E-state index contributed by atoms with van der Waals surface area (Å²) in [5, 5.41) is 18.7. The van der Waals surface area contributed by atoms with Gasteiger partial charge in [0, 0.05) is 60.7 Å². The highest BCUT2D eigenvalue weighted by molar-refractivity contribution is 6.33. The third-order valence-corrected chi connectivity index (χ3v) is 9.76. The van der Waals surface area contributed by atoms with Crippen molar-refractivity contribution in [1.82, 2.24) is 34.9 Å². The van der Waals surface area contributed by atoms with Gasteiger partial charge in [0.2, 0.25) is 5.91 Å². The predicted molar refractivity (Wildman–Crippen MR) is 165 cm³/mol. The van der Waals surface area contributed by atoms with Crippen LogP contribution in [0.5, 0.6) is 6.01 Å². The number of halogens is 1. The number of hydrogen-bond acceptors (Lipinski definition) is 9. The Labute approximate surface area is 257 Å². The fourth-order valence-corrected chi connectivity index (χ4v) is 7.11. The molecule has 2 saturated heterocycles. The van der Waals surface area contributed by atoms with Gasteiger partial charge in [0.15, 0.2) is 0 Å². The number of nitrogens with one attached hydrogen (secondary N) is 1. The van der Waals surface area contributed by atoms with Crippen LogP contribution in [0, 0.1) is 18.3 Å². The van der Waals surface area contributed by atoms with E-state index in [1.807, 2.05) is 19.2 Å². The summed E-state index contributed by atoms with van der Waals surface area (Å²) in [7, 11) is 4.23. The zero-order valence-electron chi connectivity index (χ0n) is 25.0. The van der Waals surface area contributed by atoms with Crippen molar-refractivity contribution in [3.05, 3.63) is 52.3 Å². The standard InChI is InChI=1S/C31H38ClN9O2/c1-5-27(42)41-12-11-40(16-20(41)8-9-33)30-23-17-39(4)26(28-22-15-34-37-25(22)13-19(2)29(28)32)14-24(23)35-31(36-30)43-18-21-7-6-10-38(21)3/h5,13,15,20-21,26H,1,6-8,10-12,14,16-18H2,2-4H3,(H,34,37)/t20-,21-,26-/m0/s1. The lowest BCUT2D eigenvalue weighted by Crippen LogP contribution is -2.55. The van der Waals surface area contributed by atoms with Gasteiger partial charge >= 0.3 is 6.01 Å². The van der Waals surface area contributed by atoms with Crippen LogP contribution in [0.4, 0.5) is 5.82 Å². The summed E-state index contributed by atoms with van der Waals surface area (Å²) in [5.41, 5.74) is 4.96. The second kappa shape index (κ2) is 12.1. The van der Waals surface area contributed by atoms with Crippen molar-refractivity contribution in [2.45, 2.75) is 57.3 Å². The van der Waals surface area contributed by atoms with Crippen molar-refractivity contribution < 1.29 is 9.53 Å². The maximum Gasteiger partial charge on any atom is 0.318 e. The zero-order valence-corrected chi connectivity index (χ0v) is 25.8. The molecule has 3 aliphatic heterocycles. The molecule has 1 amide bonds. The number of benzene rings is 1. The predicted octanol–water partition coefficient (Wildman–Crippen LogP) is 3.63. The van der Waals surface area contributed by atoms with Crippen LogP contribution < -0.4 is 9.64 Å². The molecular formula is C31H38ClN9O2. The largest absolute Gasteiger partial charge is 0.462 e. The number of rotatable bonds is 7. The first-order valence-electron chi connectivity index (χ1n) is 14.9. The average Bonchev–Trinajstić information content (AvgIpc) is 3.64. The maximum atomic E-state index is 12.6. The van der Waals surface area contributed by atoms with Gasteiger partial charge in [-0.2, -0.15) is 20.3 Å². The molecule has 3 atom stereocenters. The van der Waals surface area contributed by atoms with Gasteiger partial charge in [-0.15, -0.1) is 0 Å². The summed E-state index contributed by atoms with van der Waals surface area (Å²) in [6, 6.07) is 4.70. The lowest BCUT2D eigenvalue weighted by Gasteiger charge is -2.42. The Morgan fingerprint density at radius 2 is 2.09 bits per heavy atom. The highest BCUT2D eigenvalue weighted by Crippen LogP contribution is 2.42. The monoisotopic (exact) mass is 603 g/mol. The number of hydrogen-bond donors (Lipinski definition) is 1. The molecule has 0 saturated carbocycles. The minimum absolute atomic E-state index is 0.0232. The molecule has 0 aliphatic carbocycles. The van der Waals surface area contributed by atoms with E-state index in [9.17, 15) is 10.1 Å². The van der Waals surface area contributed by atoms with E-state index in [2.05, 4.69) is 51.6 Å². The summed E-state index contributed by atoms with van der Waals surface area (Å²) in [4.78, 5) is 31.1.